The SMILES string of the molecule is CCCN(C)S(=O)(=O)C1SC=C(NC(=O)Nc2cccc(Cl)c2Cl)C1=O. The molecule has 0 spiro atoms. The summed E-state index contributed by atoms with van der Waals surface area (Å²) in [7, 11) is -2.38. The number of hydrogen-bond donors (Lipinski definition) is 2. The quantitative estimate of drug-likeness (QED) is 0.711. The van der Waals surface area contributed by atoms with Crippen LogP contribution in [0, 0.1) is 0 Å². The van der Waals surface area contributed by atoms with Crippen LogP contribution in [-0.4, -0.2) is 42.7 Å². The van der Waals surface area contributed by atoms with Crippen LogP contribution in [0.15, 0.2) is 29.3 Å². The summed E-state index contributed by atoms with van der Waals surface area (Å²) in [4.78, 5) is 24.5. The Kier molecular flexibility index (Phi) is 6.98. The Morgan fingerprint density at radius 3 is 2.65 bits per heavy atom. The van der Waals surface area contributed by atoms with Crippen molar-refractivity contribution in [2.24, 2.45) is 0 Å². The summed E-state index contributed by atoms with van der Waals surface area (Å²) in [6, 6.07) is 3.98. The second kappa shape index (κ2) is 8.62. The van der Waals surface area contributed by atoms with Gasteiger partial charge in [0.1, 0.15) is 0 Å². The number of rotatable bonds is 6. The monoisotopic (exact) mass is 437 g/mol. The summed E-state index contributed by atoms with van der Waals surface area (Å²) in [6.45, 7) is 2.15. The van der Waals surface area contributed by atoms with Crippen LogP contribution in [0.4, 0.5) is 10.5 Å². The van der Waals surface area contributed by atoms with Crippen molar-refractivity contribution in [3.63, 3.8) is 0 Å². The zero-order chi connectivity index (χ0) is 19.5. The number of halogens is 2. The highest BCUT2D eigenvalue weighted by molar-refractivity contribution is 8.16. The van der Waals surface area contributed by atoms with Gasteiger partial charge in [0.2, 0.25) is 15.8 Å². The molecule has 1 unspecified atom stereocenters. The molecule has 2 rings (SSSR count). The molecule has 142 valence electrons. The first-order valence-electron chi connectivity index (χ1n) is 7.55. The van der Waals surface area contributed by atoms with Gasteiger partial charge in [0.25, 0.3) is 0 Å². The van der Waals surface area contributed by atoms with Crippen LogP contribution in [0.1, 0.15) is 13.3 Å². The number of carbonyl (C=O) groups excluding carboxylic acids is 2. The van der Waals surface area contributed by atoms with Crippen LogP contribution >= 0.6 is 35.0 Å². The molecule has 1 aliphatic rings. The number of anilines is 1. The fourth-order valence-corrected chi connectivity index (χ4v) is 5.52. The molecule has 0 radical (unpaired) electrons. The lowest BCUT2D eigenvalue weighted by Crippen LogP contribution is -2.40. The van der Waals surface area contributed by atoms with E-state index in [0.29, 0.717) is 13.0 Å². The van der Waals surface area contributed by atoms with Crippen LogP contribution in [0.25, 0.3) is 0 Å². The van der Waals surface area contributed by atoms with Gasteiger partial charge in [0.15, 0.2) is 4.58 Å². The number of ketones is 1. The van der Waals surface area contributed by atoms with Gasteiger partial charge in [-0.25, -0.2) is 17.5 Å². The number of Topliss-reactive ketones (excluding diaryl/α,β-unsaturated/α-hetero) is 1. The van der Waals surface area contributed by atoms with Crippen molar-refractivity contribution >= 4 is 62.5 Å². The van der Waals surface area contributed by atoms with Crippen LogP contribution in [0.5, 0.6) is 0 Å². The maximum atomic E-state index is 12.4. The van der Waals surface area contributed by atoms with Crippen molar-refractivity contribution in [2.75, 3.05) is 18.9 Å². The van der Waals surface area contributed by atoms with E-state index in [2.05, 4.69) is 10.6 Å². The molecule has 0 saturated heterocycles. The number of carbonyl (C=O) groups is 2. The third-order valence-electron chi connectivity index (χ3n) is 3.48. The molecule has 1 aromatic carbocycles. The molecular weight excluding hydrogens is 421 g/mol. The van der Waals surface area contributed by atoms with E-state index in [-0.39, 0.29) is 21.4 Å². The van der Waals surface area contributed by atoms with Crippen molar-refractivity contribution in [3.05, 3.63) is 39.3 Å². The van der Waals surface area contributed by atoms with E-state index in [1.54, 1.807) is 18.2 Å². The predicted molar refractivity (Wildman–Crippen MR) is 105 cm³/mol. The van der Waals surface area contributed by atoms with Crippen LogP contribution in [0.2, 0.25) is 10.0 Å². The van der Waals surface area contributed by atoms with Crippen molar-refractivity contribution in [3.8, 4) is 0 Å². The average molecular weight is 438 g/mol. The lowest BCUT2D eigenvalue weighted by Gasteiger charge is -2.19. The molecule has 1 atom stereocenters. The van der Waals surface area contributed by atoms with E-state index < -0.39 is 26.4 Å². The third kappa shape index (κ3) is 4.52. The molecule has 11 heteroatoms. The molecule has 0 aliphatic carbocycles. The third-order valence-corrected chi connectivity index (χ3v) is 8.00. The van der Waals surface area contributed by atoms with Crippen LogP contribution in [0.3, 0.4) is 0 Å². The second-order valence-electron chi connectivity index (χ2n) is 5.41. The van der Waals surface area contributed by atoms with Crippen molar-refractivity contribution in [1.29, 1.82) is 0 Å². The number of hydrogen-bond acceptors (Lipinski definition) is 5. The standard InChI is InChI=1S/C15H17Cl2N3O4S2/c1-3-7-20(2)26(23,24)14-13(21)11(8-25-14)19-15(22)18-10-6-4-5-9(16)12(10)17/h4-6,8,14H,3,7H2,1-2H3,(H2,18,19,22). The Hall–Kier alpha value is -1.26. The van der Waals surface area contributed by atoms with Crippen molar-refractivity contribution < 1.29 is 18.0 Å². The average Bonchev–Trinajstić information content (AvgIpc) is 2.93. The van der Waals surface area contributed by atoms with Crippen molar-refractivity contribution in [2.45, 2.75) is 17.9 Å². The van der Waals surface area contributed by atoms with Crippen molar-refractivity contribution in [1.82, 2.24) is 9.62 Å². The number of allylic oxidation sites excluding steroid dienone is 1. The lowest BCUT2D eigenvalue weighted by atomic mass is 10.3. The van der Waals surface area contributed by atoms with Gasteiger partial charge in [-0.3, -0.25) is 4.79 Å². The van der Waals surface area contributed by atoms with Gasteiger partial charge in [-0.1, -0.05) is 36.2 Å². The van der Waals surface area contributed by atoms with Gasteiger partial charge in [0.05, 0.1) is 21.4 Å². The predicted octanol–water partition coefficient (Wildman–Crippen LogP) is 3.27. The lowest BCUT2D eigenvalue weighted by molar-refractivity contribution is -0.114. The van der Waals surface area contributed by atoms with E-state index in [9.17, 15) is 18.0 Å². The zero-order valence-electron chi connectivity index (χ0n) is 14.0. The normalized spacial score (nSPS) is 17.3. The molecule has 0 saturated carbocycles. The first kappa shape index (κ1) is 21.0. The van der Waals surface area contributed by atoms with Gasteiger partial charge in [-0.15, -0.1) is 11.8 Å². The summed E-state index contributed by atoms with van der Waals surface area (Å²) in [5, 5.41) is 6.57. The van der Waals surface area contributed by atoms with E-state index in [4.69, 9.17) is 23.2 Å². The minimum absolute atomic E-state index is 0.0934. The van der Waals surface area contributed by atoms with Gasteiger partial charge in [-0.05, 0) is 18.6 Å². The largest absolute Gasteiger partial charge is 0.323 e. The highest BCUT2D eigenvalue weighted by Crippen LogP contribution is 2.32. The first-order valence-corrected chi connectivity index (χ1v) is 10.8. The van der Waals surface area contributed by atoms with Gasteiger partial charge in [0, 0.05) is 19.0 Å². The Morgan fingerprint density at radius 1 is 1.31 bits per heavy atom. The maximum absolute atomic E-state index is 12.4. The summed E-state index contributed by atoms with van der Waals surface area (Å²) < 4.78 is 24.7. The molecule has 0 fully saturated rings. The Bertz CT molecular complexity index is 858. The number of thioether (sulfide) groups is 1. The summed E-state index contributed by atoms with van der Waals surface area (Å²) >= 11 is 12.7. The smallest absolute Gasteiger partial charge is 0.306 e. The van der Waals surface area contributed by atoms with E-state index in [0.717, 1.165) is 16.1 Å². The molecule has 2 N–H and O–H groups in total. The first-order chi connectivity index (χ1) is 12.2. The summed E-state index contributed by atoms with van der Waals surface area (Å²) in [5.41, 5.74) is 0.173. The molecule has 2 amide bonds. The van der Waals surface area contributed by atoms with E-state index in [1.165, 1.54) is 12.5 Å². The number of benzene rings is 1. The van der Waals surface area contributed by atoms with Gasteiger partial charge in [-0.2, -0.15) is 0 Å². The zero-order valence-corrected chi connectivity index (χ0v) is 17.1. The van der Waals surface area contributed by atoms with Gasteiger partial charge < -0.3 is 10.6 Å². The summed E-state index contributed by atoms with van der Waals surface area (Å²) in [5.74, 6) is -0.676. The van der Waals surface area contributed by atoms with Gasteiger partial charge >= 0.3 is 6.03 Å². The summed E-state index contributed by atoms with van der Waals surface area (Å²) in [6.07, 6.45) is 0.628. The highest BCUT2D eigenvalue weighted by atomic mass is 35.5. The molecule has 0 aromatic heterocycles. The Labute approximate surface area is 166 Å². The Balaban J connectivity index is 2.04. The number of nitrogens with zero attached hydrogens (tertiary/aromatic N) is 1. The number of urea groups is 1. The minimum atomic E-state index is -3.81. The molecule has 1 aromatic rings. The van der Waals surface area contributed by atoms with Crippen LogP contribution < -0.4 is 10.6 Å². The number of amides is 2. The molecular formula is C15H17Cl2N3O4S2. The highest BCUT2D eigenvalue weighted by Gasteiger charge is 2.41. The fraction of sp³-hybridized carbons (Fsp3) is 0.333. The number of nitrogens with one attached hydrogen (secondary N) is 2. The maximum Gasteiger partial charge on any atom is 0.323 e. The minimum Gasteiger partial charge on any atom is -0.306 e. The molecule has 26 heavy (non-hydrogen) atoms. The molecule has 1 heterocycles. The van der Waals surface area contributed by atoms with E-state index in [1.807, 2.05) is 6.92 Å². The topological polar surface area (TPSA) is 95.6 Å². The van der Waals surface area contributed by atoms with E-state index >= 15 is 0 Å². The molecule has 7 nitrogen and oxygen atoms in total. The van der Waals surface area contributed by atoms with Crippen LogP contribution in [-0.2, 0) is 14.8 Å². The molecule has 0 bridgehead atoms. The fourth-order valence-electron chi connectivity index (χ4n) is 2.15. The Morgan fingerprint density at radius 2 is 2.00 bits per heavy atom. The molecule has 1 aliphatic heterocycles. The number of sulfonamides is 1. The second-order valence-corrected chi connectivity index (χ2v) is 9.60.